The van der Waals surface area contributed by atoms with Gasteiger partial charge in [-0.05, 0) is 79.3 Å². The first-order valence-corrected chi connectivity index (χ1v) is 19.0. The highest BCUT2D eigenvalue weighted by Gasteiger charge is 2.36. The summed E-state index contributed by atoms with van der Waals surface area (Å²) in [7, 11) is 1.84. The number of amides is 5. The van der Waals surface area contributed by atoms with Gasteiger partial charge in [-0.25, -0.2) is 14.8 Å². The van der Waals surface area contributed by atoms with Gasteiger partial charge >= 0.3 is 6.03 Å². The van der Waals surface area contributed by atoms with Gasteiger partial charge in [0.05, 0.1) is 18.2 Å². The molecule has 9 rings (SSSR count). The van der Waals surface area contributed by atoms with Crippen molar-refractivity contribution in [2.75, 3.05) is 56.5 Å². The number of rotatable bonds is 8. The lowest BCUT2D eigenvalue weighted by Crippen LogP contribution is -2.49. The number of fused-ring (bicyclic) bond motifs is 4. The molecule has 4 aromatic rings. The van der Waals surface area contributed by atoms with E-state index in [-0.39, 0.29) is 29.6 Å². The van der Waals surface area contributed by atoms with Crippen molar-refractivity contribution in [2.45, 2.75) is 63.5 Å². The highest BCUT2D eigenvalue weighted by Crippen LogP contribution is 2.38. The van der Waals surface area contributed by atoms with E-state index in [0.29, 0.717) is 42.6 Å². The molecule has 15 nitrogen and oxygen atoms in total. The van der Waals surface area contributed by atoms with Gasteiger partial charge < -0.3 is 30.3 Å². The largest absolute Gasteiger partial charge is 0.364 e. The molecule has 1 aliphatic carbocycles. The molecule has 3 saturated heterocycles. The summed E-state index contributed by atoms with van der Waals surface area (Å²) in [5, 5.41) is 11.0. The number of primary amides is 1. The molecule has 5 aliphatic rings. The number of carbonyl (C=O) groups is 4. The van der Waals surface area contributed by atoms with Crippen LogP contribution < -0.4 is 21.3 Å². The van der Waals surface area contributed by atoms with E-state index in [1.807, 2.05) is 24.1 Å². The van der Waals surface area contributed by atoms with Gasteiger partial charge in [-0.1, -0.05) is 17.3 Å². The number of nitrogens with one attached hydrogen (secondary N) is 2. The maximum Gasteiger partial charge on any atom is 0.320 e. The third-order valence-corrected chi connectivity index (χ3v) is 11.9. The average Bonchev–Trinajstić information content (AvgIpc) is 3.87. The van der Waals surface area contributed by atoms with E-state index in [4.69, 9.17) is 15.2 Å². The number of imide groups is 1. The van der Waals surface area contributed by atoms with Crippen LogP contribution in [0.2, 0.25) is 0 Å². The van der Waals surface area contributed by atoms with Crippen molar-refractivity contribution in [1.82, 2.24) is 35.1 Å². The summed E-state index contributed by atoms with van der Waals surface area (Å²) in [5.74, 6) is -0.328. The second-order valence-corrected chi connectivity index (χ2v) is 15.4. The van der Waals surface area contributed by atoms with Crippen molar-refractivity contribution in [3.63, 3.8) is 0 Å². The molecule has 2 aromatic heterocycles. The Morgan fingerprint density at radius 2 is 1.89 bits per heavy atom. The number of piperidine rings is 2. The fourth-order valence-electron chi connectivity index (χ4n) is 9.12. The van der Waals surface area contributed by atoms with Gasteiger partial charge in [0.2, 0.25) is 11.8 Å². The van der Waals surface area contributed by atoms with Crippen LogP contribution in [0.3, 0.4) is 0 Å². The van der Waals surface area contributed by atoms with E-state index < -0.39 is 11.8 Å². The summed E-state index contributed by atoms with van der Waals surface area (Å²) >= 11 is 0. The van der Waals surface area contributed by atoms with E-state index in [9.17, 15) is 19.2 Å². The van der Waals surface area contributed by atoms with Gasteiger partial charge in [-0.15, -0.1) is 0 Å². The zero-order valence-electron chi connectivity index (χ0n) is 30.3. The number of nitrogens with zero attached hydrogens (tertiary/aromatic N) is 7. The standard InChI is InChI=1S/C39H44N10O5/c1-46-13-14-49(39(46)53)27-3-2-11-48(21-27)31-18-41-34(36(40)51)37(43-31)42-26-6-4-23-10-12-47(20-25(23)17-26)19-22-15-24-5-7-28-33(45-54-35(28)30(24)16-22)29-8-9-32(50)44-38(29)52/h4-7,17-18,22,27,29H,2-3,8-16,19-21H2,1H3,(H2,40,51)(H,42,43)(H,44,50,52)/t22?,27-,29?/m1/s1. The number of hydrogen-bond acceptors (Lipinski definition) is 11. The molecule has 0 radical (unpaired) electrons. The Labute approximate surface area is 312 Å². The van der Waals surface area contributed by atoms with Crippen LogP contribution >= 0.6 is 0 Å². The monoisotopic (exact) mass is 732 g/mol. The van der Waals surface area contributed by atoms with Crippen molar-refractivity contribution in [2.24, 2.45) is 11.7 Å². The Bertz CT molecular complexity index is 2190. The molecule has 0 bridgehead atoms. The maximum absolute atomic E-state index is 12.7. The number of anilines is 3. The molecule has 4 aliphatic heterocycles. The molecular formula is C39H44N10O5. The van der Waals surface area contributed by atoms with Crippen LogP contribution in [0.1, 0.15) is 70.0 Å². The van der Waals surface area contributed by atoms with Gasteiger partial charge in [0.25, 0.3) is 5.91 Å². The minimum atomic E-state index is -0.657. The lowest BCUT2D eigenvalue weighted by molar-refractivity contribution is -0.134. The second-order valence-electron chi connectivity index (χ2n) is 15.4. The first-order valence-electron chi connectivity index (χ1n) is 19.0. The van der Waals surface area contributed by atoms with Crippen LogP contribution in [-0.2, 0) is 35.4 Å². The lowest BCUT2D eigenvalue weighted by Gasteiger charge is -2.37. The van der Waals surface area contributed by atoms with Crippen molar-refractivity contribution >= 4 is 52.0 Å². The van der Waals surface area contributed by atoms with E-state index in [1.54, 1.807) is 11.1 Å². The first kappa shape index (κ1) is 34.2. The van der Waals surface area contributed by atoms with Crippen molar-refractivity contribution in [3.05, 3.63) is 70.2 Å². The Morgan fingerprint density at radius 3 is 2.70 bits per heavy atom. The molecule has 280 valence electrons. The molecule has 5 amide bonds. The van der Waals surface area contributed by atoms with Crippen LogP contribution in [-0.4, -0.2) is 106 Å². The topological polar surface area (TPSA) is 183 Å². The molecule has 4 N–H and O–H groups in total. The Balaban J connectivity index is 0.877. The fraction of sp³-hybridized carbons (Fsp3) is 0.462. The first-order chi connectivity index (χ1) is 26.2. The van der Waals surface area contributed by atoms with Crippen molar-refractivity contribution in [1.29, 1.82) is 0 Å². The molecule has 2 unspecified atom stereocenters. The number of hydrogen-bond donors (Lipinski definition) is 3. The average molecular weight is 733 g/mol. The van der Waals surface area contributed by atoms with Crippen molar-refractivity contribution < 1.29 is 23.7 Å². The minimum Gasteiger partial charge on any atom is -0.364 e. The third-order valence-electron chi connectivity index (χ3n) is 11.9. The van der Waals surface area contributed by atoms with E-state index >= 15 is 0 Å². The molecule has 0 saturated carbocycles. The van der Waals surface area contributed by atoms with Gasteiger partial charge in [0, 0.05) is 75.9 Å². The Hall–Kier alpha value is -5.57. The Kier molecular flexibility index (Phi) is 8.67. The van der Waals surface area contributed by atoms with Crippen LogP contribution in [0, 0.1) is 5.92 Å². The molecule has 0 spiro atoms. The predicted molar refractivity (Wildman–Crippen MR) is 199 cm³/mol. The molecular weight excluding hydrogens is 688 g/mol. The van der Waals surface area contributed by atoms with Crippen LogP contribution in [0.15, 0.2) is 41.1 Å². The van der Waals surface area contributed by atoms with Gasteiger partial charge in [0.15, 0.2) is 17.1 Å². The predicted octanol–water partition coefficient (Wildman–Crippen LogP) is 3.09. The number of benzene rings is 2. The summed E-state index contributed by atoms with van der Waals surface area (Å²) in [4.78, 5) is 67.1. The van der Waals surface area contributed by atoms with Gasteiger partial charge in [-0.2, -0.15) is 0 Å². The third kappa shape index (κ3) is 6.29. The molecule has 54 heavy (non-hydrogen) atoms. The van der Waals surface area contributed by atoms with Gasteiger partial charge in [-0.3, -0.25) is 24.6 Å². The molecule has 15 heteroatoms. The molecule has 6 heterocycles. The molecule has 2 aromatic carbocycles. The number of likely N-dealkylation sites (N-methyl/N-ethyl adjacent to an activating group) is 1. The maximum atomic E-state index is 12.7. The van der Waals surface area contributed by atoms with Crippen LogP contribution in [0.4, 0.5) is 22.1 Å². The quantitative estimate of drug-likeness (QED) is 0.227. The van der Waals surface area contributed by atoms with Gasteiger partial charge in [0.1, 0.15) is 11.5 Å². The summed E-state index contributed by atoms with van der Waals surface area (Å²) in [5.41, 5.74) is 13.0. The summed E-state index contributed by atoms with van der Waals surface area (Å²) in [6.45, 7) is 5.56. The minimum absolute atomic E-state index is 0.0636. The SMILES string of the molecule is CN1CCN([C@@H]2CCCN(c3cnc(C(N)=O)c(Nc4ccc5c(c4)CN(CC4Cc6ccc7c(C8CCC(=O)NC8=O)noc7c6C4)CC5)n3)C2)C1=O. The molecule has 3 atom stereocenters. The zero-order chi connectivity index (χ0) is 37.1. The van der Waals surface area contributed by atoms with Crippen molar-refractivity contribution in [3.8, 4) is 0 Å². The summed E-state index contributed by atoms with van der Waals surface area (Å²) in [6, 6.07) is 10.6. The number of urea groups is 1. The highest BCUT2D eigenvalue weighted by atomic mass is 16.5. The Morgan fingerprint density at radius 1 is 1.02 bits per heavy atom. The fourth-order valence-corrected chi connectivity index (χ4v) is 9.12. The number of carbonyl (C=O) groups excluding carboxylic acids is 4. The highest BCUT2D eigenvalue weighted by molar-refractivity contribution is 6.02. The second kappa shape index (κ2) is 13.7. The van der Waals surface area contributed by atoms with E-state index in [0.717, 1.165) is 88.0 Å². The lowest BCUT2D eigenvalue weighted by atomic mass is 9.92. The number of nitrogens with two attached hydrogens (primary N) is 1. The molecule has 3 fully saturated rings. The summed E-state index contributed by atoms with van der Waals surface area (Å²) in [6.07, 6.45) is 6.94. The van der Waals surface area contributed by atoms with E-state index in [2.05, 4.69) is 48.8 Å². The van der Waals surface area contributed by atoms with Crippen LogP contribution in [0.5, 0.6) is 0 Å². The normalized spacial score (nSPS) is 23.2. The zero-order valence-corrected chi connectivity index (χ0v) is 30.3. The smallest absolute Gasteiger partial charge is 0.320 e. The van der Waals surface area contributed by atoms with Crippen LogP contribution in [0.25, 0.3) is 11.0 Å². The summed E-state index contributed by atoms with van der Waals surface area (Å²) < 4.78 is 5.87. The number of aromatic nitrogens is 3. The van der Waals surface area contributed by atoms with E-state index in [1.165, 1.54) is 22.3 Å².